The number of ether oxygens (including phenoxy) is 2. The molecule has 0 aromatic heterocycles. The highest BCUT2D eigenvalue weighted by Gasteiger charge is 2.16. The number of esters is 1. The molecule has 28 heavy (non-hydrogen) atoms. The molecule has 1 N–H and O–H groups in total. The van der Waals surface area contributed by atoms with Crippen molar-refractivity contribution in [2.75, 3.05) is 18.5 Å². The van der Waals surface area contributed by atoms with Crippen molar-refractivity contribution in [2.24, 2.45) is 0 Å². The van der Waals surface area contributed by atoms with Crippen molar-refractivity contribution in [1.29, 1.82) is 0 Å². The summed E-state index contributed by atoms with van der Waals surface area (Å²) in [5, 5.41) is 3.02. The van der Waals surface area contributed by atoms with Crippen LogP contribution in [0, 0.1) is 0 Å². The van der Waals surface area contributed by atoms with Gasteiger partial charge in [-0.15, -0.1) is 0 Å². The molecule has 0 aliphatic carbocycles. The van der Waals surface area contributed by atoms with E-state index in [9.17, 15) is 9.59 Å². The van der Waals surface area contributed by atoms with Crippen molar-refractivity contribution in [3.05, 3.63) is 59.2 Å². The minimum atomic E-state index is -0.377. The minimum absolute atomic E-state index is 0.108. The summed E-state index contributed by atoms with van der Waals surface area (Å²) in [5.41, 5.74) is 3.54. The van der Waals surface area contributed by atoms with Crippen molar-refractivity contribution < 1.29 is 19.1 Å². The number of amides is 1. The van der Waals surface area contributed by atoms with Gasteiger partial charge in [0.1, 0.15) is 5.75 Å². The average Bonchev–Trinajstić information content (AvgIpc) is 2.66. The Balaban J connectivity index is 2.04. The quantitative estimate of drug-likeness (QED) is 0.642. The summed E-state index contributed by atoms with van der Waals surface area (Å²) >= 11 is 0. The van der Waals surface area contributed by atoms with Gasteiger partial charge in [-0.05, 0) is 54.2 Å². The summed E-state index contributed by atoms with van der Waals surface area (Å²) < 4.78 is 10.5. The fourth-order valence-corrected chi connectivity index (χ4v) is 2.92. The first-order valence-electron chi connectivity index (χ1n) is 9.66. The van der Waals surface area contributed by atoms with Crippen LogP contribution in [0.4, 0.5) is 5.69 Å². The molecule has 2 aromatic rings. The normalized spacial score (nSPS) is 10.8. The van der Waals surface area contributed by atoms with Gasteiger partial charge in [-0.2, -0.15) is 0 Å². The monoisotopic (exact) mass is 383 g/mol. The Morgan fingerprint density at radius 1 is 0.929 bits per heavy atom. The highest BCUT2D eigenvalue weighted by Crippen LogP contribution is 2.32. The van der Waals surface area contributed by atoms with Gasteiger partial charge in [0, 0.05) is 5.69 Å². The van der Waals surface area contributed by atoms with Crippen LogP contribution >= 0.6 is 0 Å². The summed E-state index contributed by atoms with van der Waals surface area (Å²) in [6.07, 6.45) is 0. The lowest BCUT2D eigenvalue weighted by atomic mass is 9.92. The zero-order valence-electron chi connectivity index (χ0n) is 17.2. The third kappa shape index (κ3) is 5.59. The number of carbonyl (C=O) groups excluding carboxylic acids is 2. The molecule has 0 atom stereocenters. The van der Waals surface area contributed by atoms with Gasteiger partial charge in [-0.25, -0.2) is 4.79 Å². The summed E-state index contributed by atoms with van der Waals surface area (Å²) in [4.78, 5) is 24.2. The molecule has 0 spiro atoms. The van der Waals surface area contributed by atoms with Gasteiger partial charge >= 0.3 is 5.97 Å². The number of hydrogen-bond donors (Lipinski definition) is 1. The molecule has 0 saturated carbocycles. The number of hydrogen-bond acceptors (Lipinski definition) is 4. The first kappa shape index (κ1) is 21.5. The highest BCUT2D eigenvalue weighted by atomic mass is 16.5. The Labute approximate surface area is 167 Å². The number of anilines is 1. The van der Waals surface area contributed by atoms with Crippen LogP contribution < -0.4 is 10.1 Å². The second kappa shape index (κ2) is 9.93. The van der Waals surface area contributed by atoms with Crippen LogP contribution in [0.25, 0.3) is 0 Å². The van der Waals surface area contributed by atoms with Crippen molar-refractivity contribution in [3.63, 3.8) is 0 Å². The van der Waals surface area contributed by atoms with E-state index in [1.807, 2.05) is 18.2 Å². The molecule has 0 aliphatic rings. The Kier molecular flexibility index (Phi) is 7.61. The molecule has 0 saturated heterocycles. The second-order valence-corrected chi connectivity index (χ2v) is 7.20. The smallest absolute Gasteiger partial charge is 0.338 e. The third-order valence-corrected chi connectivity index (χ3v) is 4.37. The van der Waals surface area contributed by atoms with Gasteiger partial charge in [-0.3, -0.25) is 4.79 Å². The zero-order valence-corrected chi connectivity index (χ0v) is 17.2. The Hall–Kier alpha value is -2.82. The number of para-hydroxylation sites is 1. The Bertz CT molecular complexity index is 784. The van der Waals surface area contributed by atoms with Crippen LogP contribution in [0.15, 0.2) is 42.5 Å². The number of carbonyl (C=O) groups is 2. The van der Waals surface area contributed by atoms with E-state index < -0.39 is 0 Å². The summed E-state index contributed by atoms with van der Waals surface area (Å²) in [7, 11) is 0. The maximum absolute atomic E-state index is 12.5. The van der Waals surface area contributed by atoms with E-state index in [1.54, 1.807) is 31.2 Å². The molecule has 0 unspecified atom stereocenters. The summed E-state index contributed by atoms with van der Waals surface area (Å²) in [6.45, 7) is 10.4. The van der Waals surface area contributed by atoms with E-state index in [-0.39, 0.29) is 18.5 Å². The predicted octanol–water partition coefficient (Wildman–Crippen LogP) is 5.13. The fourth-order valence-electron chi connectivity index (χ4n) is 2.92. The molecule has 0 aliphatic heterocycles. The van der Waals surface area contributed by atoms with Crippen LogP contribution in [-0.2, 0) is 9.53 Å². The van der Waals surface area contributed by atoms with E-state index >= 15 is 0 Å². The van der Waals surface area contributed by atoms with Crippen LogP contribution in [0.3, 0.4) is 0 Å². The molecule has 5 nitrogen and oxygen atoms in total. The predicted molar refractivity (Wildman–Crippen MR) is 111 cm³/mol. The van der Waals surface area contributed by atoms with Gasteiger partial charge < -0.3 is 14.8 Å². The van der Waals surface area contributed by atoms with Gasteiger partial charge in [0.25, 0.3) is 5.91 Å². The second-order valence-electron chi connectivity index (χ2n) is 7.20. The maximum atomic E-state index is 12.5. The molecule has 1 amide bonds. The van der Waals surface area contributed by atoms with E-state index in [2.05, 4.69) is 33.0 Å². The van der Waals surface area contributed by atoms with Crippen molar-refractivity contribution >= 4 is 17.6 Å². The van der Waals surface area contributed by atoms with Crippen molar-refractivity contribution in [2.45, 2.75) is 46.5 Å². The minimum Gasteiger partial charge on any atom is -0.484 e. The molecule has 0 fully saturated rings. The number of nitrogens with one attached hydrogen (secondary N) is 1. The lowest BCUT2D eigenvalue weighted by molar-refractivity contribution is -0.118. The van der Waals surface area contributed by atoms with Crippen molar-refractivity contribution in [3.8, 4) is 5.75 Å². The Morgan fingerprint density at radius 2 is 1.50 bits per heavy atom. The standard InChI is InChI=1S/C23H29NO4/c1-6-27-23(26)17-10-12-18(13-11-17)28-14-21(25)24-22-19(15(2)3)8-7-9-20(22)16(4)5/h7-13,15-16H,6,14H2,1-5H3,(H,24,25). The first-order chi connectivity index (χ1) is 13.3. The average molecular weight is 383 g/mol. The van der Waals surface area contributed by atoms with Crippen LogP contribution in [0.5, 0.6) is 5.75 Å². The first-order valence-corrected chi connectivity index (χ1v) is 9.66. The van der Waals surface area contributed by atoms with E-state index in [4.69, 9.17) is 9.47 Å². The molecule has 150 valence electrons. The largest absolute Gasteiger partial charge is 0.484 e. The molecular weight excluding hydrogens is 354 g/mol. The van der Waals surface area contributed by atoms with Crippen LogP contribution in [0.1, 0.15) is 67.9 Å². The molecule has 0 heterocycles. The zero-order chi connectivity index (χ0) is 20.7. The summed E-state index contributed by atoms with van der Waals surface area (Å²) in [6, 6.07) is 12.7. The van der Waals surface area contributed by atoms with Crippen LogP contribution in [0.2, 0.25) is 0 Å². The maximum Gasteiger partial charge on any atom is 0.338 e. The van der Waals surface area contributed by atoms with Crippen LogP contribution in [-0.4, -0.2) is 25.1 Å². The molecular formula is C23H29NO4. The SMILES string of the molecule is CCOC(=O)c1ccc(OCC(=O)Nc2c(C(C)C)cccc2C(C)C)cc1. The highest BCUT2D eigenvalue weighted by molar-refractivity contribution is 5.94. The molecule has 2 rings (SSSR count). The fraction of sp³-hybridized carbons (Fsp3) is 0.391. The van der Waals surface area contributed by atoms with E-state index in [0.29, 0.717) is 29.8 Å². The molecule has 2 aromatic carbocycles. The third-order valence-electron chi connectivity index (χ3n) is 4.37. The lowest BCUT2D eigenvalue weighted by Gasteiger charge is -2.20. The van der Waals surface area contributed by atoms with Gasteiger partial charge in [0.05, 0.1) is 12.2 Å². The Morgan fingerprint density at radius 3 is 2.00 bits per heavy atom. The number of rotatable bonds is 8. The molecule has 0 bridgehead atoms. The van der Waals surface area contributed by atoms with E-state index in [1.165, 1.54) is 0 Å². The lowest BCUT2D eigenvalue weighted by Crippen LogP contribution is -2.22. The van der Waals surface area contributed by atoms with E-state index in [0.717, 1.165) is 16.8 Å². The van der Waals surface area contributed by atoms with Crippen molar-refractivity contribution in [1.82, 2.24) is 0 Å². The summed E-state index contributed by atoms with van der Waals surface area (Å²) in [5.74, 6) is 0.517. The van der Waals surface area contributed by atoms with Gasteiger partial charge in [0.15, 0.2) is 6.61 Å². The van der Waals surface area contributed by atoms with Gasteiger partial charge in [-0.1, -0.05) is 45.9 Å². The van der Waals surface area contributed by atoms with Gasteiger partial charge in [0.2, 0.25) is 0 Å². The molecule has 0 radical (unpaired) electrons. The molecule has 5 heteroatoms. The number of benzene rings is 2. The topological polar surface area (TPSA) is 64.6 Å².